The number of nitrogens with zero attached hydrogens (tertiary/aromatic N) is 2. The average Bonchev–Trinajstić information content (AvgIpc) is 2.61. The Morgan fingerprint density at radius 3 is 2.21 bits per heavy atom. The van der Waals surface area contributed by atoms with Gasteiger partial charge in [-0.15, -0.1) is 0 Å². The van der Waals surface area contributed by atoms with E-state index in [0.717, 1.165) is 11.1 Å². The predicted molar refractivity (Wildman–Crippen MR) is 96.9 cm³/mol. The molecule has 0 fully saturated rings. The molecule has 0 radical (unpaired) electrons. The number of halogens is 1. The summed E-state index contributed by atoms with van der Waals surface area (Å²) in [5, 5.41) is 0.572. The fourth-order valence-electron chi connectivity index (χ4n) is 2.39. The molecule has 0 spiro atoms. The van der Waals surface area contributed by atoms with E-state index in [1.165, 1.54) is 9.13 Å². The van der Waals surface area contributed by atoms with E-state index in [9.17, 15) is 9.59 Å². The summed E-state index contributed by atoms with van der Waals surface area (Å²) in [4.78, 5) is 24.7. The van der Waals surface area contributed by atoms with Gasteiger partial charge in [-0.25, -0.2) is 0 Å². The molecule has 4 nitrogen and oxygen atoms in total. The Morgan fingerprint density at radius 2 is 1.58 bits per heavy atom. The van der Waals surface area contributed by atoms with E-state index >= 15 is 0 Å². The molecular formula is C19H15ClN2O2. The first-order chi connectivity index (χ1) is 11.6. The zero-order valence-corrected chi connectivity index (χ0v) is 13.6. The lowest BCUT2D eigenvalue weighted by atomic mass is 10.1. The molecule has 1 aromatic heterocycles. The van der Waals surface area contributed by atoms with Crippen molar-refractivity contribution in [1.82, 2.24) is 9.13 Å². The van der Waals surface area contributed by atoms with Crippen LogP contribution < -0.4 is 11.1 Å². The molecule has 2 aromatic carbocycles. The van der Waals surface area contributed by atoms with Crippen LogP contribution in [0.5, 0.6) is 0 Å². The van der Waals surface area contributed by atoms with Crippen molar-refractivity contribution in [3.8, 4) is 5.69 Å². The van der Waals surface area contributed by atoms with Crippen molar-refractivity contribution in [1.29, 1.82) is 0 Å². The van der Waals surface area contributed by atoms with Crippen LogP contribution in [0.2, 0.25) is 5.02 Å². The van der Waals surface area contributed by atoms with Crippen LogP contribution >= 0.6 is 11.6 Å². The van der Waals surface area contributed by atoms with Gasteiger partial charge in [0, 0.05) is 23.1 Å². The van der Waals surface area contributed by atoms with Crippen LogP contribution in [0.3, 0.4) is 0 Å². The number of rotatable bonds is 4. The van der Waals surface area contributed by atoms with Crippen molar-refractivity contribution < 1.29 is 0 Å². The van der Waals surface area contributed by atoms with Crippen LogP contribution in [0.1, 0.15) is 11.1 Å². The van der Waals surface area contributed by atoms with Gasteiger partial charge in [0.15, 0.2) is 0 Å². The monoisotopic (exact) mass is 338 g/mol. The Bertz CT molecular complexity index is 984. The molecule has 0 amide bonds. The molecule has 0 unspecified atom stereocenters. The maximum Gasteiger partial charge on any atom is 0.320 e. The van der Waals surface area contributed by atoms with Gasteiger partial charge >= 0.3 is 11.1 Å². The first-order valence-corrected chi connectivity index (χ1v) is 7.76. The Kier molecular flexibility index (Phi) is 4.49. The Balaban J connectivity index is 1.95. The van der Waals surface area contributed by atoms with Crippen LogP contribution in [-0.4, -0.2) is 9.13 Å². The van der Waals surface area contributed by atoms with Crippen molar-refractivity contribution in [3.05, 3.63) is 104 Å². The minimum absolute atomic E-state index is 0.340. The molecule has 0 saturated heterocycles. The van der Waals surface area contributed by atoms with E-state index in [1.54, 1.807) is 42.7 Å². The second kappa shape index (κ2) is 6.72. The van der Waals surface area contributed by atoms with Crippen LogP contribution in [0.25, 0.3) is 11.8 Å². The van der Waals surface area contributed by atoms with E-state index < -0.39 is 11.1 Å². The SMILES string of the molecule is C=Cc1ccc(Cn2ccn(-c3ccc(Cl)cc3)c(=O)c2=O)cc1. The third-order valence-electron chi connectivity index (χ3n) is 3.73. The summed E-state index contributed by atoms with van der Waals surface area (Å²) in [6.07, 6.45) is 4.95. The van der Waals surface area contributed by atoms with Crippen molar-refractivity contribution in [2.75, 3.05) is 0 Å². The molecule has 5 heteroatoms. The molecular weight excluding hydrogens is 324 g/mol. The highest BCUT2D eigenvalue weighted by Crippen LogP contribution is 2.11. The Hall–Kier alpha value is -2.85. The van der Waals surface area contributed by atoms with E-state index in [4.69, 9.17) is 11.6 Å². The molecule has 0 aliphatic heterocycles. The van der Waals surface area contributed by atoms with Gasteiger partial charge in [0.2, 0.25) is 0 Å². The van der Waals surface area contributed by atoms with Gasteiger partial charge in [-0.2, -0.15) is 0 Å². The van der Waals surface area contributed by atoms with Crippen LogP contribution in [0, 0.1) is 0 Å². The molecule has 0 atom stereocenters. The second-order valence-electron chi connectivity index (χ2n) is 5.33. The molecule has 3 aromatic rings. The molecule has 0 saturated carbocycles. The topological polar surface area (TPSA) is 44.0 Å². The zero-order valence-electron chi connectivity index (χ0n) is 12.9. The van der Waals surface area contributed by atoms with E-state index in [0.29, 0.717) is 17.3 Å². The fourth-order valence-corrected chi connectivity index (χ4v) is 2.52. The quantitative estimate of drug-likeness (QED) is 0.685. The summed E-state index contributed by atoms with van der Waals surface area (Å²) in [5.41, 5.74) is 1.38. The van der Waals surface area contributed by atoms with Crippen LogP contribution in [0.15, 0.2) is 77.1 Å². The Labute approximate surface area is 143 Å². The summed E-state index contributed by atoms with van der Waals surface area (Å²) in [6, 6.07) is 14.4. The van der Waals surface area contributed by atoms with Crippen molar-refractivity contribution in [2.45, 2.75) is 6.54 Å². The van der Waals surface area contributed by atoms with Crippen molar-refractivity contribution >= 4 is 17.7 Å². The highest BCUT2D eigenvalue weighted by Gasteiger charge is 2.07. The van der Waals surface area contributed by atoms with Gasteiger partial charge in [0.1, 0.15) is 0 Å². The molecule has 1 heterocycles. The van der Waals surface area contributed by atoms with Gasteiger partial charge in [0.05, 0.1) is 6.54 Å². The lowest BCUT2D eigenvalue weighted by Crippen LogP contribution is -2.40. The number of hydrogen-bond donors (Lipinski definition) is 0. The lowest BCUT2D eigenvalue weighted by molar-refractivity contribution is 0.718. The fraction of sp³-hybridized carbons (Fsp3) is 0.0526. The van der Waals surface area contributed by atoms with E-state index in [1.807, 2.05) is 24.3 Å². The van der Waals surface area contributed by atoms with Crippen molar-refractivity contribution in [3.63, 3.8) is 0 Å². The summed E-state index contributed by atoms with van der Waals surface area (Å²) < 4.78 is 2.72. The maximum atomic E-state index is 12.3. The number of hydrogen-bond acceptors (Lipinski definition) is 2. The van der Waals surface area contributed by atoms with Crippen molar-refractivity contribution in [2.24, 2.45) is 0 Å². The highest BCUT2D eigenvalue weighted by atomic mass is 35.5. The zero-order chi connectivity index (χ0) is 17.1. The summed E-state index contributed by atoms with van der Waals surface area (Å²) >= 11 is 5.85. The minimum Gasteiger partial charge on any atom is -0.305 e. The Morgan fingerprint density at radius 1 is 0.917 bits per heavy atom. The molecule has 3 rings (SSSR count). The summed E-state index contributed by atoms with van der Waals surface area (Å²) in [7, 11) is 0. The number of benzene rings is 2. The molecule has 0 aliphatic carbocycles. The second-order valence-corrected chi connectivity index (χ2v) is 5.76. The first kappa shape index (κ1) is 16.0. The molecule has 120 valence electrons. The minimum atomic E-state index is -0.595. The van der Waals surface area contributed by atoms with Gasteiger partial charge in [-0.1, -0.05) is 48.5 Å². The lowest BCUT2D eigenvalue weighted by Gasteiger charge is -2.09. The third-order valence-corrected chi connectivity index (χ3v) is 3.98. The molecule has 0 bridgehead atoms. The van der Waals surface area contributed by atoms with Gasteiger partial charge in [0.25, 0.3) is 0 Å². The summed E-state index contributed by atoms with van der Waals surface area (Å²) in [5.74, 6) is 0. The largest absolute Gasteiger partial charge is 0.320 e. The average molecular weight is 339 g/mol. The molecule has 0 N–H and O–H groups in total. The predicted octanol–water partition coefficient (Wildman–Crippen LogP) is 3.34. The van der Waals surface area contributed by atoms with E-state index in [2.05, 4.69) is 6.58 Å². The molecule has 24 heavy (non-hydrogen) atoms. The third kappa shape index (κ3) is 3.24. The smallest absolute Gasteiger partial charge is 0.305 e. The van der Waals surface area contributed by atoms with E-state index in [-0.39, 0.29) is 0 Å². The van der Waals surface area contributed by atoms with Gasteiger partial charge in [-0.3, -0.25) is 14.2 Å². The summed E-state index contributed by atoms with van der Waals surface area (Å²) in [6.45, 7) is 4.05. The maximum absolute atomic E-state index is 12.3. The van der Waals surface area contributed by atoms with Gasteiger partial charge in [-0.05, 0) is 35.4 Å². The number of aromatic nitrogens is 2. The molecule has 0 aliphatic rings. The normalized spacial score (nSPS) is 10.5. The first-order valence-electron chi connectivity index (χ1n) is 7.38. The van der Waals surface area contributed by atoms with Crippen LogP contribution in [0.4, 0.5) is 0 Å². The van der Waals surface area contributed by atoms with Gasteiger partial charge < -0.3 is 4.57 Å². The highest BCUT2D eigenvalue weighted by molar-refractivity contribution is 6.30. The van der Waals surface area contributed by atoms with Crippen LogP contribution in [-0.2, 0) is 6.54 Å². The standard InChI is InChI=1S/C19H15ClN2O2/c1-2-14-3-5-15(6-4-14)13-21-11-12-22(19(24)18(21)23)17-9-7-16(20)8-10-17/h2-12H,1,13H2.